The van der Waals surface area contributed by atoms with Crippen LogP contribution in [0.25, 0.3) is 10.9 Å². The quantitative estimate of drug-likeness (QED) is 0.719. The number of halogens is 1. The maximum Gasteiger partial charge on any atom is 0.261 e. The molecule has 3 nitrogen and oxygen atoms in total. The van der Waals surface area contributed by atoms with Crippen molar-refractivity contribution in [3.05, 3.63) is 38.9 Å². The van der Waals surface area contributed by atoms with Gasteiger partial charge in [0.25, 0.3) is 5.56 Å². The smallest absolute Gasteiger partial charge is 0.261 e. The van der Waals surface area contributed by atoms with Crippen molar-refractivity contribution in [2.75, 3.05) is 0 Å². The van der Waals surface area contributed by atoms with Crippen LogP contribution in [0.2, 0.25) is 0 Å². The Hall–Kier alpha value is -1.16. The lowest BCUT2D eigenvalue weighted by Crippen LogP contribution is -2.20. The first-order valence-electron chi connectivity index (χ1n) is 4.22. The normalized spacial score (nSPS) is 10.8. The zero-order valence-electron chi connectivity index (χ0n) is 7.91. The molecule has 2 rings (SSSR count). The maximum absolute atomic E-state index is 11.8. The maximum atomic E-state index is 11.8. The van der Waals surface area contributed by atoms with E-state index in [0.29, 0.717) is 5.39 Å². The monoisotopic (exact) mass is 252 g/mol. The number of benzene rings is 1. The third-order valence-corrected chi connectivity index (χ3v) is 2.75. The van der Waals surface area contributed by atoms with E-state index in [4.69, 9.17) is 0 Å². The second-order valence-corrected chi connectivity index (χ2v) is 4.10. The zero-order valence-corrected chi connectivity index (χ0v) is 9.50. The summed E-state index contributed by atoms with van der Waals surface area (Å²) in [7, 11) is 1.73. The molecule has 1 aromatic heterocycles. The highest BCUT2D eigenvalue weighted by Crippen LogP contribution is 2.15. The lowest BCUT2D eigenvalue weighted by atomic mass is 10.2. The van der Waals surface area contributed by atoms with Crippen LogP contribution in [0.3, 0.4) is 0 Å². The van der Waals surface area contributed by atoms with Crippen LogP contribution in [-0.4, -0.2) is 9.55 Å². The summed E-state index contributed by atoms with van der Waals surface area (Å²) in [5.41, 5.74) is 0.739. The van der Waals surface area contributed by atoms with Crippen molar-refractivity contribution in [2.24, 2.45) is 7.05 Å². The van der Waals surface area contributed by atoms with Gasteiger partial charge in [-0.2, -0.15) is 0 Å². The SMILES string of the molecule is Cc1nc2ccc(Br)cc2c(=O)n1C. The first-order chi connectivity index (χ1) is 6.59. The standard InChI is InChI=1S/C10H9BrN2O/c1-6-12-9-4-3-7(11)5-8(9)10(14)13(6)2/h3-5H,1-2H3. The third-order valence-electron chi connectivity index (χ3n) is 2.26. The number of fused-ring (bicyclic) bond motifs is 1. The van der Waals surface area contributed by atoms with E-state index in [1.807, 2.05) is 19.1 Å². The van der Waals surface area contributed by atoms with Gasteiger partial charge in [-0.25, -0.2) is 4.98 Å². The summed E-state index contributed by atoms with van der Waals surface area (Å²) in [6.07, 6.45) is 0. The second kappa shape index (κ2) is 3.20. The van der Waals surface area contributed by atoms with Crippen LogP contribution in [0.4, 0.5) is 0 Å². The zero-order chi connectivity index (χ0) is 10.3. The van der Waals surface area contributed by atoms with E-state index in [9.17, 15) is 4.79 Å². The van der Waals surface area contributed by atoms with E-state index < -0.39 is 0 Å². The van der Waals surface area contributed by atoms with Crippen LogP contribution in [-0.2, 0) is 7.05 Å². The highest BCUT2D eigenvalue weighted by Gasteiger charge is 2.04. The summed E-state index contributed by atoms with van der Waals surface area (Å²) in [5, 5.41) is 0.646. The number of aryl methyl sites for hydroxylation is 1. The highest BCUT2D eigenvalue weighted by atomic mass is 79.9. The first kappa shape index (κ1) is 9.40. The fraction of sp³-hybridized carbons (Fsp3) is 0.200. The Balaban J connectivity index is 2.99. The largest absolute Gasteiger partial charge is 0.299 e. The van der Waals surface area contributed by atoms with Gasteiger partial charge in [0.2, 0.25) is 0 Å². The molecule has 0 spiro atoms. The number of hydrogen-bond acceptors (Lipinski definition) is 2. The molecular formula is C10H9BrN2O. The van der Waals surface area contributed by atoms with Crippen LogP contribution >= 0.6 is 15.9 Å². The fourth-order valence-electron chi connectivity index (χ4n) is 1.35. The molecule has 0 amide bonds. The van der Waals surface area contributed by atoms with Gasteiger partial charge < -0.3 is 0 Å². The van der Waals surface area contributed by atoms with Gasteiger partial charge in [0.15, 0.2) is 0 Å². The molecule has 0 fully saturated rings. The minimum Gasteiger partial charge on any atom is -0.299 e. The molecule has 0 aliphatic carbocycles. The molecule has 0 atom stereocenters. The Kier molecular flexibility index (Phi) is 2.15. The Bertz CT molecular complexity index is 560. The molecule has 0 unspecified atom stereocenters. The molecule has 1 aromatic carbocycles. The Morgan fingerprint density at radius 3 is 2.86 bits per heavy atom. The third kappa shape index (κ3) is 1.35. The van der Waals surface area contributed by atoms with Gasteiger partial charge in [-0.1, -0.05) is 15.9 Å². The number of aromatic nitrogens is 2. The van der Waals surface area contributed by atoms with E-state index in [1.54, 1.807) is 17.7 Å². The first-order valence-corrected chi connectivity index (χ1v) is 5.02. The number of rotatable bonds is 0. The minimum atomic E-state index is -0.00574. The average Bonchev–Trinajstić information content (AvgIpc) is 2.16. The van der Waals surface area contributed by atoms with E-state index in [-0.39, 0.29) is 5.56 Å². The van der Waals surface area contributed by atoms with Crippen molar-refractivity contribution in [1.82, 2.24) is 9.55 Å². The van der Waals surface area contributed by atoms with E-state index in [0.717, 1.165) is 15.8 Å². The second-order valence-electron chi connectivity index (χ2n) is 3.18. The molecule has 72 valence electrons. The van der Waals surface area contributed by atoms with Crippen molar-refractivity contribution in [2.45, 2.75) is 6.92 Å². The summed E-state index contributed by atoms with van der Waals surface area (Å²) in [6, 6.07) is 5.52. The topological polar surface area (TPSA) is 34.9 Å². The van der Waals surface area contributed by atoms with Crippen molar-refractivity contribution in [3.8, 4) is 0 Å². The molecule has 14 heavy (non-hydrogen) atoms. The van der Waals surface area contributed by atoms with Crippen molar-refractivity contribution >= 4 is 26.8 Å². The van der Waals surface area contributed by atoms with Crippen LogP contribution in [0.5, 0.6) is 0 Å². The van der Waals surface area contributed by atoms with Gasteiger partial charge in [-0.05, 0) is 25.1 Å². The van der Waals surface area contributed by atoms with Crippen LogP contribution in [0.15, 0.2) is 27.5 Å². The van der Waals surface area contributed by atoms with Crippen molar-refractivity contribution in [3.63, 3.8) is 0 Å². The Morgan fingerprint density at radius 2 is 2.14 bits per heavy atom. The molecule has 0 radical (unpaired) electrons. The van der Waals surface area contributed by atoms with Crippen LogP contribution in [0.1, 0.15) is 5.82 Å². The minimum absolute atomic E-state index is 0.00574. The van der Waals surface area contributed by atoms with Gasteiger partial charge >= 0.3 is 0 Å². The van der Waals surface area contributed by atoms with Gasteiger partial charge in [-0.3, -0.25) is 9.36 Å². The van der Waals surface area contributed by atoms with E-state index >= 15 is 0 Å². The summed E-state index contributed by atoms with van der Waals surface area (Å²) in [4.78, 5) is 16.1. The Morgan fingerprint density at radius 1 is 1.43 bits per heavy atom. The molecule has 1 heterocycles. The van der Waals surface area contributed by atoms with Gasteiger partial charge in [0, 0.05) is 11.5 Å². The number of hydrogen-bond donors (Lipinski definition) is 0. The van der Waals surface area contributed by atoms with Crippen LogP contribution in [0, 0.1) is 6.92 Å². The number of nitrogens with zero attached hydrogens (tertiary/aromatic N) is 2. The molecule has 2 aromatic rings. The lowest BCUT2D eigenvalue weighted by Gasteiger charge is -2.04. The summed E-state index contributed by atoms with van der Waals surface area (Å²) in [6.45, 7) is 1.82. The lowest BCUT2D eigenvalue weighted by molar-refractivity contribution is 0.792. The molecule has 0 N–H and O–H groups in total. The van der Waals surface area contributed by atoms with E-state index in [1.165, 1.54) is 0 Å². The molecule has 0 bridgehead atoms. The summed E-state index contributed by atoms with van der Waals surface area (Å²) < 4.78 is 2.45. The molecule has 0 aliphatic rings. The summed E-state index contributed by atoms with van der Waals surface area (Å²) in [5.74, 6) is 0.727. The predicted molar refractivity (Wildman–Crippen MR) is 59.4 cm³/mol. The summed E-state index contributed by atoms with van der Waals surface area (Å²) >= 11 is 3.33. The van der Waals surface area contributed by atoms with Crippen LogP contribution < -0.4 is 5.56 Å². The van der Waals surface area contributed by atoms with E-state index in [2.05, 4.69) is 20.9 Å². The Labute approximate surface area is 89.5 Å². The van der Waals surface area contributed by atoms with Crippen molar-refractivity contribution < 1.29 is 0 Å². The molecule has 4 heteroatoms. The predicted octanol–water partition coefficient (Wildman–Crippen LogP) is 2.00. The van der Waals surface area contributed by atoms with Gasteiger partial charge in [-0.15, -0.1) is 0 Å². The van der Waals surface area contributed by atoms with Gasteiger partial charge in [0.1, 0.15) is 5.82 Å². The average molecular weight is 253 g/mol. The molecular weight excluding hydrogens is 244 g/mol. The molecule has 0 saturated carbocycles. The van der Waals surface area contributed by atoms with Crippen molar-refractivity contribution in [1.29, 1.82) is 0 Å². The molecule has 0 saturated heterocycles. The molecule has 0 aliphatic heterocycles. The van der Waals surface area contributed by atoms with Gasteiger partial charge in [0.05, 0.1) is 10.9 Å². The fourth-order valence-corrected chi connectivity index (χ4v) is 1.72. The highest BCUT2D eigenvalue weighted by molar-refractivity contribution is 9.10.